The molecule has 0 aliphatic heterocycles. The molecular weight excluding hydrogens is 290 g/mol. The summed E-state index contributed by atoms with van der Waals surface area (Å²) in [7, 11) is 0. The van der Waals surface area contributed by atoms with E-state index in [0.717, 1.165) is 23.3 Å². The van der Waals surface area contributed by atoms with E-state index < -0.39 is 0 Å². The first kappa shape index (κ1) is 17.0. The molecule has 0 bridgehead atoms. The van der Waals surface area contributed by atoms with Crippen LogP contribution in [0.3, 0.4) is 0 Å². The van der Waals surface area contributed by atoms with E-state index in [1.807, 2.05) is 13.0 Å². The summed E-state index contributed by atoms with van der Waals surface area (Å²) in [6.07, 6.45) is 6.85. The van der Waals surface area contributed by atoms with E-state index in [4.69, 9.17) is 5.73 Å². The van der Waals surface area contributed by atoms with E-state index in [2.05, 4.69) is 33.4 Å². The van der Waals surface area contributed by atoms with Gasteiger partial charge < -0.3 is 5.73 Å². The summed E-state index contributed by atoms with van der Waals surface area (Å²) in [5.74, 6) is 0.331. The predicted octanol–water partition coefficient (Wildman–Crippen LogP) is 5.33. The van der Waals surface area contributed by atoms with Crippen molar-refractivity contribution in [1.29, 1.82) is 0 Å². The fourth-order valence-electron chi connectivity index (χ4n) is 3.08. The summed E-state index contributed by atoms with van der Waals surface area (Å²) in [5, 5.41) is 0. The lowest BCUT2D eigenvalue weighted by Gasteiger charge is -2.30. The Labute approximate surface area is 138 Å². The zero-order valence-corrected chi connectivity index (χ0v) is 15.0. The number of amides is 1. The number of rotatable bonds is 2. The lowest BCUT2D eigenvalue weighted by Crippen LogP contribution is -2.20. The third kappa shape index (κ3) is 3.89. The summed E-state index contributed by atoms with van der Waals surface area (Å²) in [5.41, 5.74) is 9.41. The van der Waals surface area contributed by atoms with Crippen LogP contribution in [0.4, 0.5) is 0 Å². The Balaban J connectivity index is 2.34. The molecule has 2 rings (SSSR count). The van der Waals surface area contributed by atoms with E-state index in [-0.39, 0.29) is 5.91 Å². The number of hydrogen-bond acceptors (Lipinski definition) is 2. The van der Waals surface area contributed by atoms with Gasteiger partial charge in [-0.2, -0.15) is 0 Å². The van der Waals surface area contributed by atoms with Gasteiger partial charge in [0.05, 0.1) is 4.88 Å². The number of nitrogens with two attached hydrogens (primary N) is 1. The van der Waals surface area contributed by atoms with E-state index in [1.54, 1.807) is 0 Å². The van der Waals surface area contributed by atoms with Crippen molar-refractivity contribution in [2.75, 3.05) is 0 Å². The zero-order chi connectivity index (χ0) is 16.5. The second kappa shape index (κ2) is 6.41. The van der Waals surface area contributed by atoms with Crippen LogP contribution in [-0.4, -0.2) is 5.91 Å². The van der Waals surface area contributed by atoms with Gasteiger partial charge in [-0.25, -0.2) is 0 Å². The third-order valence-electron chi connectivity index (χ3n) is 4.71. The molecule has 2 N–H and O–H groups in total. The molecule has 1 aromatic heterocycles. The van der Waals surface area contributed by atoms with Crippen LogP contribution >= 0.6 is 11.3 Å². The maximum Gasteiger partial charge on any atom is 0.258 e. The molecule has 0 radical (unpaired) electrons. The smallest absolute Gasteiger partial charge is 0.258 e. The summed E-state index contributed by atoms with van der Waals surface area (Å²) in [6, 6.07) is 1.92. The van der Waals surface area contributed by atoms with Crippen LogP contribution < -0.4 is 5.73 Å². The van der Waals surface area contributed by atoms with E-state index in [9.17, 15) is 4.79 Å². The monoisotopic (exact) mass is 317 g/mol. The molecule has 0 spiro atoms. The van der Waals surface area contributed by atoms with Gasteiger partial charge in [-0.1, -0.05) is 39.0 Å². The Bertz CT molecular complexity index is 616. The van der Waals surface area contributed by atoms with Crippen molar-refractivity contribution in [3.63, 3.8) is 0 Å². The minimum Gasteiger partial charge on any atom is -0.365 e. The Hall–Kier alpha value is -1.35. The van der Waals surface area contributed by atoms with Crippen molar-refractivity contribution in [1.82, 2.24) is 0 Å². The summed E-state index contributed by atoms with van der Waals surface area (Å²) in [4.78, 5) is 13.1. The van der Waals surface area contributed by atoms with E-state index in [0.29, 0.717) is 16.2 Å². The van der Waals surface area contributed by atoms with Crippen LogP contribution in [0.25, 0.3) is 6.08 Å². The van der Waals surface area contributed by atoms with Crippen LogP contribution in [-0.2, 0) is 0 Å². The highest BCUT2D eigenvalue weighted by Crippen LogP contribution is 2.41. The quantitative estimate of drug-likeness (QED) is 0.736. The molecule has 1 heterocycles. The Morgan fingerprint density at radius 2 is 2.14 bits per heavy atom. The van der Waals surface area contributed by atoms with Crippen LogP contribution in [0.5, 0.6) is 0 Å². The van der Waals surface area contributed by atoms with Crippen LogP contribution in [0, 0.1) is 18.3 Å². The fraction of sp³-hybridized carbons (Fsp3) is 0.526. The van der Waals surface area contributed by atoms with Gasteiger partial charge in [-0.15, -0.1) is 11.3 Å². The molecular formula is C19H27NOS. The van der Waals surface area contributed by atoms with Gasteiger partial charge in [0.25, 0.3) is 5.91 Å². The Morgan fingerprint density at radius 1 is 1.45 bits per heavy atom. The first-order valence-corrected chi connectivity index (χ1v) is 8.79. The van der Waals surface area contributed by atoms with Crippen LogP contribution in [0.15, 0.2) is 23.8 Å². The topological polar surface area (TPSA) is 43.1 Å². The minimum atomic E-state index is -0.343. The molecule has 3 heteroatoms. The molecule has 1 aliphatic carbocycles. The van der Waals surface area contributed by atoms with Gasteiger partial charge in [0, 0.05) is 4.88 Å². The molecule has 120 valence electrons. The molecule has 1 fully saturated rings. The fourth-order valence-corrected chi connectivity index (χ4v) is 3.94. The highest BCUT2D eigenvalue weighted by Gasteiger charge is 2.28. The number of primary amides is 1. The van der Waals surface area contributed by atoms with Gasteiger partial charge in [-0.05, 0) is 61.1 Å². The summed E-state index contributed by atoms with van der Waals surface area (Å²) >= 11 is 1.48. The number of carbonyl (C=O) groups excluding carboxylic acids is 1. The van der Waals surface area contributed by atoms with Crippen molar-refractivity contribution in [3.8, 4) is 0 Å². The lowest BCUT2D eigenvalue weighted by molar-refractivity contribution is 0.100. The van der Waals surface area contributed by atoms with Crippen LogP contribution in [0.1, 0.15) is 66.6 Å². The zero-order valence-electron chi connectivity index (χ0n) is 14.2. The highest BCUT2D eigenvalue weighted by atomic mass is 32.1. The maximum absolute atomic E-state index is 11.4. The normalized spacial score (nSPS) is 21.9. The molecule has 0 saturated heterocycles. The second-order valence-electron chi connectivity index (χ2n) is 7.42. The first-order chi connectivity index (χ1) is 10.2. The van der Waals surface area contributed by atoms with Gasteiger partial charge in [0.1, 0.15) is 0 Å². The van der Waals surface area contributed by atoms with Gasteiger partial charge in [-0.3, -0.25) is 4.79 Å². The molecule has 1 atom stereocenters. The van der Waals surface area contributed by atoms with Crippen molar-refractivity contribution >= 4 is 23.3 Å². The number of thiophene rings is 1. The number of allylic oxidation sites excluding steroid dienone is 2. The van der Waals surface area contributed by atoms with Crippen molar-refractivity contribution in [2.24, 2.45) is 17.1 Å². The standard InChI is InChI=1S/C19H27NOS/c1-12-7-6-8-16(19(3,4)5)10-14(12)9-15-11-17(18(20)21)22-13(15)2/h9,11,16H,1,6-8,10H2,2-5H3,(H2,20,21)/b14-9-. The first-order valence-electron chi connectivity index (χ1n) is 7.97. The molecule has 0 aromatic carbocycles. The van der Waals surface area contributed by atoms with Crippen molar-refractivity contribution in [2.45, 2.75) is 53.4 Å². The largest absolute Gasteiger partial charge is 0.365 e. The van der Waals surface area contributed by atoms with E-state index >= 15 is 0 Å². The number of aryl methyl sites for hydroxylation is 1. The second-order valence-corrected chi connectivity index (χ2v) is 8.68. The highest BCUT2D eigenvalue weighted by molar-refractivity contribution is 7.14. The van der Waals surface area contributed by atoms with Crippen molar-refractivity contribution < 1.29 is 4.79 Å². The van der Waals surface area contributed by atoms with E-state index in [1.165, 1.54) is 35.3 Å². The van der Waals surface area contributed by atoms with Gasteiger partial charge in [0.2, 0.25) is 0 Å². The number of carbonyl (C=O) groups is 1. The predicted molar refractivity (Wildman–Crippen MR) is 96.1 cm³/mol. The Morgan fingerprint density at radius 3 is 2.68 bits per heavy atom. The molecule has 1 aliphatic rings. The average Bonchev–Trinajstić information content (AvgIpc) is 2.65. The third-order valence-corrected chi connectivity index (χ3v) is 5.79. The van der Waals surface area contributed by atoms with Crippen LogP contribution in [0.2, 0.25) is 0 Å². The Kier molecular flexibility index (Phi) is 4.96. The molecule has 2 nitrogen and oxygen atoms in total. The molecule has 22 heavy (non-hydrogen) atoms. The SMILES string of the molecule is C=C1CCCC(C(C)(C)C)C/C1=C/c1cc(C(N)=O)sc1C. The average molecular weight is 317 g/mol. The number of hydrogen-bond donors (Lipinski definition) is 1. The van der Waals surface area contributed by atoms with Crippen molar-refractivity contribution in [3.05, 3.63) is 39.1 Å². The molecule has 1 aromatic rings. The summed E-state index contributed by atoms with van der Waals surface area (Å²) in [6.45, 7) is 13.3. The van der Waals surface area contributed by atoms with Gasteiger partial charge >= 0.3 is 0 Å². The molecule has 1 saturated carbocycles. The summed E-state index contributed by atoms with van der Waals surface area (Å²) < 4.78 is 0. The molecule has 1 amide bonds. The maximum atomic E-state index is 11.4. The molecule has 1 unspecified atom stereocenters. The minimum absolute atomic E-state index is 0.311. The van der Waals surface area contributed by atoms with Gasteiger partial charge in [0.15, 0.2) is 0 Å². The lowest BCUT2D eigenvalue weighted by atomic mass is 9.75.